The third-order valence-corrected chi connectivity index (χ3v) is 1.80. The summed E-state index contributed by atoms with van der Waals surface area (Å²) in [6.45, 7) is 3.22. The molecule has 1 aliphatic rings. The Bertz CT molecular complexity index is 112. The van der Waals surface area contributed by atoms with Gasteiger partial charge >= 0.3 is 6.47 Å². The topological polar surface area (TPSA) is 38.3 Å². The second-order valence-corrected chi connectivity index (χ2v) is 2.64. The lowest BCUT2D eigenvalue weighted by molar-refractivity contribution is 0.125. The quantitative estimate of drug-likeness (QED) is 0.583. The number of ether oxygens (including phenoxy) is 1. The molecule has 1 saturated carbocycles. The average Bonchev–Trinajstić information content (AvgIpc) is 1.80. The van der Waals surface area contributed by atoms with Crippen LogP contribution in [0.5, 0.6) is 0 Å². The van der Waals surface area contributed by atoms with Crippen LogP contribution in [0.25, 0.3) is 0 Å². The second kappa shape index (κ2) is 3.56. The highest BCUT2D eigenvalue weighted by atomic mass is 16.5. The first-order valence-electron chi connectivity index (χ1n) is 3.62. The van der Waals surface area contributed by atoms with Gasteiger partial charge in [-0.3, -0.25) is 5.32 Å². The zero-order valence-corrected chi connectivity index (χ0v) is 6.09. The van der Waals surface area contributed by atoms with E-state index in [4.69, 9.17) is 0 Å². The molecule has 1 unspecified atom stereocenters. The molecule has 3 heteroatoms. The zero-order valence-electron chi connectivity index (χ0n) is 6.09. The molecule has 1 rings (SSSR count). The van der Waals surface area contributed by atoms with E-state index in [0.717, 1.165) is 0 Å². The smallest absolute Gasteiger partial charge is 0.419 e. The normalized spacial score (nSPS) is 21.3. The molecule has 1 N–H and O–H groups in total. The van der Waals surface area contributed by atoms with Crippen molar-refractivity contribution < 1.29 is 9.53 Å². The molecular weight excluding hydrogens is 130 g/mol. The van der Waals surface area contributed by atoms with Crippen LogP contribution in [-0.4, -0.2) is 18.7 Å². The van der Waals surface area contributed by atoms with Crippen molar-refractivity contribution in [3.63, 3.8) is 0 Å². The highest BCUT2D eigenvalue weighted by Gasteiger charge is 2.18. The van der Waals surface area contributed by atoms with Gasteiger partial charge in [-0.15, -0.1) is 0 Å². The molecule has 10 heavy (non-hydrogen) atoms. The Labute approximate surface area is 60.7 Å². The number of carbonyl (C=O) groups excluding carboxylic acids is 1. The Morgan fingerprint density at radius 1 is 1.70 bits per heavy atom. The Kier molecular flexibility index (Phi) is 2.68. The van der Waals surface area contributed by atoms with Crippen LogP contribution >= 0.6 is 0 Å². The van der Waals surface area contributed by atoms with Gasteiger partial charge < -0.3 is 4.74 Å². The summed E-state index contributed by atoms with van der Waals surface area (Å²) in [6.07, 6.45) is 3.51. The van der Waals surface area contributed by atoms with E-state index in [1.54, 1.807) is 0 Å². The molecule has 0 amide bonds. The van der Waals surface area contributed by atoms with Gasteiger partial charge in [0, 0.05) is 6.04 Å². The molecule has 1 radical (unpaired) electrons. The van der Waals surface area contributed by atoms with Gasteiger partial charge in [-0.25, -0.2) is 4.79 Å². The number of nitrogens with one attached hydrogen (secondary N) is 1. The molecular formula is C7H12NO2. The Morgan fingerprint density at radius 3 is 2.80 bits per heavy atom. The minimum absolute atomic E-state index is 0.178. The molecule has 0 aromatic carbocycles. The Balaban J connectivity index is 2.04. The monoisotopic (exact) mass is 142 g/mol. The van der Waals surface area contributed by atoms with Crippen molar-refractivity contribution in [3.8, 4) is 0 Å². The summed E-state index contributed by atoms with van der Waals surface area (Å²) >= 11 is 0. The first kappa shape index (κ1) is 7.54. The van der Waals surface area contributed by atoms with Crippen molar-refractivity contribution in [3.05, 3.63) is 0 Å². The summed E-state index contributed by atoms with van der Waals surface area (Å²) in [4.78, 5) is 9.72. The molecule has 1 atom stereocenters. The van der Waals surface area contributed by atoms with E-state index in [-0.39, 0.29) is 6.23 Å². The maximum atomic E-state index is 9.72. The van der Waals surface area contributed by atoms with Crippen LogP contribution in [-0.2, 0) is 9.53 Å². The fourth-order valence-electron chi connectivity index (χ4n) is 1.01. The largest absolute Gasteiger partial charge is 0.438 e. The zero-order chi connectivity index (χ0) is 7.40. The summed E-state index contributed by atoms with van der Waals surface area (Å²) in [7, 11) is 0. The molecule has 3 nitrogen and oxygen atoms in total. The Morgan fingerprint density at radius 2 is 2.40 bits per heavy atom. The Hall–Kier alpha value is -0.570. The van der Waals surface area contributed by atoms with Gasteiger partial charge in [-0.05, 0) is 19.8 Å². The molecule has 0 aromatic heterocycles. The van der Waals surface area contributed by atoms with E-state index in [0.29, 0.717) is 6.04 Å². The van der Waals surface area contributed by atoms with Crippen molar-refractivity contribution >= 4 is 6.47 Å². The summed E-state index contributed by atoms with van der Waals surface area (Å²) in [5.41, 5.74) is 0. The van der Waals surface area contributed by atoms with Crippen molar-refractivity contribution in [1.29, 1.82) is 0 Å². The van der Waals surface area contributed by atoms with Crippen LogP contribution in [0.1, 0.15) is 26.2 Å². The highest BCUT2D eigenvalue weighted by molar-refractivity contribution is 5.38. The van der Waals surface area contributed by atoms with Crippen LogP contribution in [0.4, 0.5) is 0 Å². The third-order valence-electron chi connectivity index (χ3n) is 1.80. The van der Waals surface area contributed by atoms with E-state index in [1.165, 1.54) is 25.7 Å². The van der Waals surface area contributed by atoms with Crippen molar-refractivity contribution in [2.24, 2.45) is 0 Å². The van der Waals surface area contributed by atoms with Gasteiger partial charge in [-0.2, -0.15) is 0 Å². The van der Waals surface area contributed by atoms with Crippen molar-refractivity contribution in [2.75, 3.05) is 0 Å². The second-order valence-electron chi connectivity index (χ2n) is 2.64. The maximum absolute atomic E-state index is 9.72. The lowest BCUT2D eigenvalue weighted by atomic mass is 9.93. The fraction of sp³-hybridized carbons (Fsp3) is 0.857. The highest BCUT2D eigenvalue weighted by Crippen LogP contribution is 2.18. The summed E-state index contributed by atoms with van der Waals surface area (Å²) in [5, 5.41) is 3.13. The van der Waals surface area contributed by atoms with Gasteiger partial charge in [0.15, 0.2) is 6.23 Å². The molecule has 1 aliphatic carbocycles. The number of rotatable bonds is 4. The molecule has 0 heterocycles. The van der Waals surface area contributed by atoms with Gasteiger partial charge in [0.25, 0.3) is 0 Å². The fourth-order valence-corrected chi connectivity index (χ4v) is 1.01. The van der Waals surface area contributed by atoms with Crippen molar-refractivity contribution in [1.82, 2.24) is 5.32 Å². The molecule has 0 bridgehead atoms. The molecule has 1 fully saturated rings. The summed E-state index contributed by atoms with van der Waals surface area (Å²) in [6, 6.07) is 0.559. The predicted octanol–water partition coefficient (Wildman–Crippen LogP) is 0.558. The molecule has 0 aliphatic heterocycles. The van der Waals surface area contributed by atoms with Gasteiger partial charge in [0.05, 0.1) is 0 Å². The molecule has 57 valence electrons. The van der Waals surface area contributed by atoms with E-state index in [9.17, 15) is 4.79 Å². The number of hydrogen-bond acceptors (Lipinski definition) is 3. The van der Waals surface area contributed by atoms with Gasteiger partial charge in [-0.1, -0.05) is 6.42 Å². The summed E-state index contributed by atoms with van der Waals surface area (Å²) < 4.78 is 4.53. The van der Waals surface area contributed by atoms with Crippen LogP contribution in [0.2, 0.25) is 0 Å². The SMILES string of the molecule is CC(NC1CCC1)O[C]=O. The van der Waals surface area contributed by atoms with Crippen LogP contribution < -0.4 is 5.32 Å². The number of hydrogen-bond donors (Lipinski definition) is 1. The van der Waals surface area contributed by atoms with Crippen LogP contribution in [0.3, 0.4) is 0 Å². The first-order chi connectivity index (χ1) is 4.83. The van der Waals surface area contributed by atoms with Crippen LogP contribution in [0.15, 0.2) is 0 Å². The minimum Gasteiger partial charge on any atom is -0.438 e. The van der Waals surface area contributed by atoms with Gasteiger partial charge in [0.2, 0.25) is 0 Å². The molecule has 0 aromatic rings. The lowest BCUT2D eigenvalue weighted by Crippen LogP contribution is -2.41. The van der Waals surface area contributed by atoms with E-state index in [1.807, 2.05) is 6.92 Å². The average molecular weight is 142 g/mol. The lowest BCUT2D eigenvalue weighted by Gasteiger charge is -2.28. The minimum atomic E-state index is -0.178. The maximum Gasteiger partial charge on any atom is 0.419 e. The predicted molar refractivity (Wildman–Crippen MR) is 37.0 cm³/mol. The van der Waals surface area contributed by atoms with Crippen molar-refractivity contribution in [2.45, 2.75) is 38.5 Å². The van der Waals surface area contributed by atoms with Crippen LogP contribution in [0, 0.1) is 0 Å². The van der Waals surface area contributed by atoms with Gasteiger partial charge in [0.1, 0.15) is 0 Å². The molecule has 0 saturated heterocycles. The standard InChI is InChI=1S/C7H12NO2/c1-6(10-5-9)8-7-3-2-4-7/h6-8H,2-4H2,1H3. The van der Waals surface area contributed by atoms with E-state index >= 15 is 0 Å². The summed E-state index contributed by atoms with van der Waals surface area (Å²) in [5.74, 6) is 0. The molecule has 0 spiro atoms. The van der Waals surface area contributed by atoms with E-state index in [2.05, 4.69) is 10.1 Å². The first-order valence-corrected chi connectivity index (χ1v) is 3.62. The third kappa shape index (κ3) is 1.99. The van der Waals surface area contributed by atoms with E-state index < -0.39 is 0 Å².